The molecule has 2 N–H and O–H groups in total. The van der Waals surface area contributed by atoms with Crippen molar-refractivity contribution in [3.05, 3.63) is 130 Å². The van der Waals surface area contributed by atoms with Gasteiger partial charge in [0, 0.05) is 16.1 Å². The SMILES string of the molecule is C[C@@H](NC(=O)c1ccccc1NC(=O)c1cccc(OCc2ccccc2Cl)c1)c1ccccc1. The molecule has 2 amide bonds. The van der Waals surface area contributed by atoms with Crippen molar-refractivity contribution in [1.82, 2.24) is 5.32 Å². The lowest BCUT2D eigenvalue weighted by Crippen LogP contribution is -2.28. The summed E-state index contributed by atoms with van der Waals surface area (Å²) >= 11 is 6.19. The van der Waals surface area contributed by atoms with Crippen LogP contribution in [0.5, 0.6) is 5.75 Å². The number of halogens is 1. The summed E-state index contributed by atoms with van der Waals surface area (Å²) < 4.78 is 5.83. The maximum Gasteiger partial charge on any atom is 0.255 e. The Morgan fingerprint density at radius 3 is 2.34 bits per heavy atom. The molecule has 4 aromatic rings. The van der Waals surface area contributed by atoms with E-state index in [4.69, 9.17) is 16.3 Å². The molecule has 0 saturated heterocycles. The molecule has 35 heavy (non-hydrogen) atoms. The third-order valence-electron chi connectivity index (χ3n) is 5.52. The minimum Gasteiger partial charge on any atom is -0.489 e. The number of benzene rings is 4. The lowest BCUT2D eigenvalue weighted by atomic mass is 10.1. The zero-order valence-electron chi connectivity index (χ0n) is 19.2. The van der Waals surface area contributed by atoms with Gasteiger partial charge in [0.15, 0.2) is 0 Å². The number of nitrogens with one attached hydrogen (secondary N) is 2. The summed E-state index contributed by atoms with van der Waals surface area (Å²) in [6.07, 6.45) is 0. The van der Waals surface area contributed by atoms with Crippen LogP contribution in [0.1, 0.15) is 44.8 Å². The molecule has 5 nitrogen and oxygen atoms in total. The molecule has 0 bridgehead atoms. The number of carbonyl (C=O) groups is 2. The van der Waals surface area contributed by atoms with E-state index in [0.29, 0.717) is 27.6 Å². The first-order valence-corrected chi connectivity index (χ1v) is 11.6. The molecular formula is C29H25ClN2O3. The second-order valence-electron chi connectivity index (χ2n) is 8.01. The molecule has 0 heterocycles. The zero-order chi connectivity index (χ0) is 24.6. The minimum atomic E-state index is -0.343. The fraction of sp³-hybridized carbons (Fsp3) is 0.103. The number of anilines is 1. The quantitative estimate of drug-likeness (QED) is 0.294. The van der Waals surface area contributed by atoms with Crippen molar-refractivity contribution in [3.8, 4) is 5.75 Å². The van der Waals surface area contributed by atoms with Gasteiger partial charge in [0.2, 0.25) is 0 Å². The van der Waals surface area contributed by atoms with Gasteiger partial charge in [0.1, 0.15) is 12.4 Å². The first-order chi connectivity index (χ1) is 17.0. The Kier molecular flexibility index (Phi) is 7.81. The van der Waals surface area contributed by atoms with Gasteiger partial charge in [0.05, 0.1) is 17.3 Å². The first-order valence-electron chi connectivity index (χ1n) is 11.2. The molecule has 0 aromatic heterocycles. The van der Waals surface area contributed by atoms with E-state index in [1.54, 1.807) is 54.6 Å². The number of ether oxygens (including phenoxy) is 1. The van der Waals surface area contributed by atoms with Crippen molar-refractivity contribution in [2.75, 3.05) is 5.32 Å². The van der Waals surface area contributed by atoms with Crippen LogP contribution >= 0.6 is 11.6 Å². The van der Waals surface area contributed by atoms with Gasteiger partial charge in [-0.2, -0.15) is 0 Å². The van der Waals surface area contributed by atoms with E-state index < -0.39 is 0 Å². The normalized spacial score (nSPS) is 11.4. The Labute approximate surface area is 209 Å². The highest BCUT2D eigenvalue weighted by Gasteiger charge is 2.17. The summed E-state index contributed by atoms with van der Waals surface area (Å²) in [6.45, 7) is 2.20. The number of carbonyl (C=O) groups excluding carboxylic acids is 2. The molecule has 0 unspecified atom stereocenters. The molecule has 0 fully saturated rings. The van der Waals surface area contributed by atoms with Crippen LogP contribution < -0.4 is 15.4 Å². The van der Waals surface area contributed by atoms with Gasteiger partial charge >= 0.3 is 0 Å². The van der Waals surface area contributed by atoms with Crippen LogP contribution in [0.3, 0.4) is 0 Å². The van der Waals surface area contributed by atoms with Crippen molar-refractivity contribution in [3.63, 3.8) is 0 Å². The topological polar surface area (TPSA) is 67.4 Å². The average Bonchev–Trinajstić information content (AvgIpc) is 2.89. The predicted octanol–water partition coefficient (Wildman–Crippen LogP) is 6.66. The maximum absolute atomic E-state index is 13.0. The Balaban J connectivity index is 1.44. The molecule has 176 valence electrons. The molecule has 0 aliphatic heterocycles. The summed E-state index contributed by atoms with van der Waals surface area (Å²) in [4.78, 5) is 26.0. The lowest BCUT2D eigenvalue weighted by molar-refractivity contribution is 0.0940. The average molecular weight is 485 g/mol. The molecule has 1 atom stereocenters. The van der Waals surface area contributed by atoms with Crippen LogP contribution in [0, 0.1) is 0 Å². The Morgan fingerprint density at radius 2 is 1.54 bits per heavy atom. The highest BCUT2D eigenvalue weighted by Crippen LogP contribution is 2.22. The highest BCUT2D eigenvalue weighted by molar-refractivity contribution is 6.31. The summed E-state index contributed by atoms with van der Waals surface area (Å²) in [5, 5.41) is 6.47. The second-order valence-corrected chi connectivity index (χ2v) is 8.42. The Morgan fingerprint density at radius 1 is 0.829 bits per heavy atom. The number of amides is 2. The Hall–Kier alpha value is -4.09. The van der Waals surface area contributed by atoms with Crippen LogP contribution in [-0.2, 0) is 6.61 Å². The van der Waals surface area contributed by atoms with Crippen LogP contribution in [0.15, 0.2) is 103 Å². The number of hydrogen-bond donors (Lipinski definition) is 2. The van der Waals surface area contributed by atoms with Crippen molar-refractivity contribution < 1.29 is 14.3 Å². The van der Waals surface area contributed by atoms with Gasteiger partial charge in [-0.15, -0.1) is 0 Å². The van der Waals surface area contributed by atoms with Crippen molar-refractivity contribution >= 4 is 29.1 Å². The Bertz CT molecular complexity index is 1320. The van der Waals surface area contributed by atoms with Crippen LogP contribution in [0.25, 0.3) is 0 Å². The number of hydrogen-bond acceptors (Lipinski definition) is 3. The molecule has 0 aliphatic rings. The smallest absolute Gasteiger partial charge is 0.255 e. The molecule has 0 spiro atoms. The van der Waals surface area contributed by atoms with E-state index in [2.05, 4.69) is 10.6 Å². The minimum absolute atomic E-state index is 0.181. The standard InChI is InChI=1S/C29H25ClN2O3/c1-20(21-10-3-2-4-11-21)31-29(34)25-15-6-8-17-27(25)32-28(33)22-13-9-14-24(18-22)35-19-23-12-5-7-16-26(23)30/h2-18,20H,19H2,1H3,(H,31,34)(H,32,33)/t20-/m1/s1. The monoisotopic (exact) mass is 484 g/mol. The molecule has 0 radical (unpaired) electrons. The molecule has 4 aromatic carbocycles. The van der Waals surface area contributed by atoms with Crippen LogP contribution in [-0.4, -0.2) is 11.8 Å². The summed E-state index contributed by atoms with van der Waals surface area (Å²) in [5.41, 5.74) is 3.08. The van der Waals surface area contributed by atoms with Crippen molar-refractivity contribution in [1.29, 1.82) is 0 Å². The van der Waals surface area contributed by atoms with E-state index in [-0.39, 0.29) is 24.5 Å². The third kappa shape index (κ3) is 6.28. The number of rotatable bonds is 8. The molecule has 0 saturated carbocycles. The summed E-state index contributed by atoms with van der Waals surface area (Å²) in [6, 6.07) is 30.8. The van der Waals surface area contributed by atoms with Gasteiger partial charge in [-0.25, -0.2) is 0 Å². The van der Waals surface area contributed by atoms with E-state index in [1.165, 1.54) is 0 Å². The van der Waals surface area contributed by atoms with Crippen LogP contribution in [0.4, 0.5) is 5.69 Å². The van der Waals surface area contributed by atoms with Gasteiger partial charge in [-0.1, -0.05) is 78.3 Å². The van der Waals surface area contributed by atoms with E-state index in [0.717, 1.165) is 11.1 Å². The number of para-hydroxylation sites is 1. The van der Waals surface area contributed by atoms with E-state index in [1.807, 2.05) is 55.5 Å². The third-order valence-corrected chi connectivity index (χ3v) is 5.88. The van der Waals surface area contributed by atoms with E-state index >= 15 is 0 Å². The predicted molar refractivity (Wildman–Crippen MR) is 139 cm³/mol. The highest BCUT2D eigenvalue weighted by atomic mass is 35.5. The van der Waals surface area contributed by atoms with Gasteiger partial charge in [-0.05, 0) is 48.9 Å². The molecule has 6 heteroatoms. The first kappa shape index (κ1) is 24.0. The van der Waals surface area contributed by atoms with Crippen molar-refractivity contribution in [2.45, 2.75) is 19.6 Å². The lowest BCUT2D eigenvalue weighted by Gasteiger charge is -2.16. The molecule has 4 rings (SSSR count). The van der Waals surface area contributed by atoms with Gasteiger partial charge < -0.3 is 15.4 Å². The van der Waals surface area contributed by atoms with Crippen molar-refractivity contribution in [2.24, 2.45) is 0 Å². The molecular weight excluding hydrogens is 460 g/mol. The fourth-order valence-corrected chi connectivity index (χ4v) is 3.78. The fourth-order valence-electron chi connectivity index (χ4n) is 3.59. The zero-order valence-corrected chi connectivity index (χ0v) is 20.0. The van der Waals surface area contributed by atoms with Gasteiger partial charge in [-0.3, -0.25) is 9.59 Å². The summed E-state index contributed by atoms with van der Waals surface area (Å²) in [7, 11) is 0. The van der Waals surface area contributed by atoms with E-state index in [9.17, 15) is 9.59 Å². The summed E-state index contributed by atoms with van der Waals surface area (Å²) in [5.74, 6) is -0.0705. The largest absolute Gasteiger partial charge is 0.489 e. The maximum atomic E-state index is 13.0. The molecule has 0 aliphatic carbocycles. The second kappa shape index (κ2) is 11.4. The van der Waals surface area contributed by atoms with Crippen LogP contribution in [0.2, 0.25) is 5.02 Å². The van der Waals surface area contributed by atoms with Gasteiger partial charge in [0.25, 0.3) is 11.8 Å².